The summed E-state index contributed by atoms with van der Waals surface area (Å²) in [5, 5.41) is 6.77. The van der Waals surface area contributed by atoms with Gasteiger partial charge in [-0.1, -0.05) is 30.0 Å². The molecule has 0 saturated carbocycles. The van der Waals surface area contributed by atoms with E-state index < -0.39 is 0 Å². The fraction of sp³-hybridized carbons (Fsp3) is 0.238. The quantitative estimate of drug-likeness (QED) is 0.621. The number of urea groups is 1. The minimum atomic E-state index is -0.271. The molecule has 0 atom stereocenters. The molecule has 3 N–H and O–H groups in total. The molecule has 5 heteroatoms. The Morgan fingerprint density at radius 2 is 1.88 bits per heavy atom. The number of nitrogens with one attached hydrogen (secondary N) is 3. The van der Waals surface area contributed by atoms with E-state index in [2.05, 4.69) is 32.4 Å². The van der Waals surface area contributed by atoms with E-state index in [9.17, 15) is 4.79 Å². The molecule has 3 rings (SSSR count). The van der Waals surface area contributed by atoms with Gasteiger partial charge in [-0.05, 0) is 44.5 Å². The molecule has 132 valence electrons. The Morgan fingerprint density at radius 3 is 2.69 bits per heavy atom. The summed E-state index contributed by atoms with van der Waals surface area (Å²) in [6, 6.07) is 11.5. The SMILES string of the molecule is CC(C)(C)NC(=O)NCc1ccccc1C#Cc1ccnc2[nH]ccc12. The van der Waals surface area contributed by atoms with Gasteiger partial charge in [0.25, 0.3) is 0 Å². The average Bonchev–Trinajstić information content (AvgIpc) is 3.06. The van der Waals surface area contributed by atoms with Gasteiger partial charge in [0.2, 0.25) is 0 Å². The molecule has 2 amide bonds. The molecule has 1 aromatic carbocycles. The summed E-state index contributed by atoms with van der Waals surface area (Å²) in [7, 11) is 0. The van der Waals surface area contributed by atoms with Crippen molar-refractivity contribution in [3.8, 4) is 11.8 Å². The first kappa shape index (κ1) is 17.6. The molecule has 0 spiro atoms. The first-order chi connectivity index (χ1) is 12.4. The van der Waals surface area contributed by atoms with Gasteiger partial charge >= 0.3 is 6.03 Å². The molecular weight excluding hydrogens is 324 g/mol. The van der Waals surface area contributed by atoms with Gasteiger partial charge in [0, 0.05) is 41.0 Å². The van der Waals surface area contributed by atoms with Crippen LogP contribution >= 0.6 is 0 Å². The van der Waals surface area contributed by atoms with E-state index in [4.69, 9.17) is 0 Å². The maximum absolute atomic E-state index is 12.0. The summed E-state index contributed by atoms with van der Waals surface area (Å²) in [5.41, 5.74) is 3.34. The van der Waals surface area contributed by atoms with Crippen LogP contribution in [-0.4, -0.2) is 21.5 Å². The molecular formula is C21H22N4O. The summed E-state index contributed by atoms with van der Waals surface area (Å²) in [6.07, 6.45) is 3.60. The van der Waals surface area contributed by atoms with Gasteiger partial charge in [-0.2, -0.15) is 0 Å². The zero-order valence-electron chi connectivity index (χ0n) is 15.2. The number of amides is 2. The van der Waals surface area contributed by atoms with Crippen molar-refractivity contribution in [1.82, 2.24) is 20.6 Å². The topological polar surface area (TPSA) is 69.8 Å². The highest BCUT2D eigenvalue weighted by Crippen LogP contribution is 2.14. The molecule has 2 aromatic heterocycles. The Bertz CT molecular complexity index is 986. The van der Waals surface area contributed by atoms with Gasteiger partial charge < -0.3 is 15.6 Å². The van der Waals surface area contributed by atoms with Gasteiger partial charge in [0.15, 0.2) is 0 Å². The van der Waals surface area contributed by atoms with Crippen molar-refractivity contribution in [3.63, 3.8) is 0 Å². The van der Waals surface area contributed by atoms with Crippen LogP contribution in [0.5, 0.6) is 0 Å². The Balaban J connectivity index is 1.78. The number of carbonyl (C=O) groups excluding carboxylic acids is 1. The summed E-state index contributed by atoms with van der Waals surface area (Å²) < 4.78 is 0. The van der Waals surface area contributed by atoms with Crippen LogP contribution in [0.2, 0.25) is 0 Å². The zero-order valence-corrected chi connectivity index (χ0v) is 15.2. The van der Waals surface area contributed by atoms with Crippen LogP contribution in [0, 0.1) is 11.8 Å². The Hall–Kier alpha value is -3.26. The Morgan fingerprint density at radius 1 is 1.12 bits per heavy atom. The first-order valence-corrected chi connectivity index (χ1v) is 8.50. The average molecular weight is 346 g/mol. The van der Waals surface area contributed by atoms with Crippen LogP contribution in [0.25, 0.3) is 11.0 Å². The number of H-pyrrole nitrogens is 1. The zero-order chi connectivity index (χ0) is 18.6. The van der Waals surface area contributed by atoms with Crippen molar-refractivity contribution in [1.29, 1.82) is 0 Å². The van der Waals surface area contributed by atoms with Crippen LogP contribution in [0.3, 0.4) is 0 Å². The molecule has 0 radical (unpaired) electrons. The van der Waals surface area contributed by atoms with Crippen molar-refractivity contribution < 1.29 is 4.79 Å². The number of benzene rings is 1. The summed E-state index contributed by atoms with van der Waals surface area (Å²) in [5.74, 6) is 6.44. The summed E-state index contributed by atoms with van der Waals surface area (Å²) in [4.78, 5) is 19.3. The third kappa shape index (κ3) is 4.42. The van der Waals surface area contributed by atoms with Crippen LogP contribution in [-0.2, 0) is 6.54 Å². The number of fused-ring (bicyclic) bond motifs is 1. The van der Waals surface area contributed by atoms with Crippen molar-refractivity contribution in [2.45, 2.75) is 32.9 Å². The Labute approximate surface area is 153 Å². The number of carbonyl (C=O) groups is 1. The third-order valence-corrected chi connectivity index (χ3v) is 3.74. The van der Waals surface area contributed by atoms with Crippen molar-refractivity contribution >= 4 is 17.1 Å². The maximum atomic E-state index is 12.0. The van der Waals surface area contributed by atoms with Gasteiger partial charge in [-0.3, -0.25) is 0 Å². The fourth-order valence-electron chi connectivity index (χ4n) is 2.56. The molecule has 0 fully saturated rings. The normalized spacial score (nSPS) is 10.9. The second kappa shape index (κ2) is 7.32. The third-order valence-electron chi connectivity index (χ3n) is 3.74. The van der Waals surface area contributed by atoms with Crippen LogP contribution in [0.15, 0.2) is 48.8 Å². The monoisotopic (exact) mass is 346 g/mol. The standard InChI is InChI=1S/C21H22N4O/c1-21(2,3)25-20(26)24-14-17-7-5-4-6-15(17)8-9-16-10-12-22-19-18(16)11-13-23-19/h4-7,10-13H,14H2,1-3H3,(H,22,23)(H2,24,25,26). The van der Waals surface area contributed by atoms with Gasteiger partial charge in [-0.15, -0.1) is 0 Å². The highest BCUT2D eigenvalue weighted by atomic mass is 16.2. The van der Waals surface area contributed by atoms with E-state index in [1.807, 2.05) is 63.4 Å². The lowest BCUT2D eigenvalue weighted by molar-refractivity contribution is 0.231. The smallest absolute Gasteiger partial charge is 0.315 e. The van der Waals surface area contributed by atoms with E-state index >= 15 is 0 Å². The molecule has 5 nitrogen and oxygen atoms in total. The molecule has 0 aliphatic carbocycles. The number of hydrogen-bond acceptors (Lipinski definition) is 2. The molecule has 2 heterocycles. The molecule has 0 saturated heterocycles. The van der Waals surface area contributed by atoms with Crippen LogP contribution in [0.1, 0.15) is 37.5 Å². The van der Waals surface area contributed by atoms with Crippen LogP contribution < -0.4 is 10.6 Å². The molecule has 3 aromatic rings. The number of rotatable bonds is 2. The number of aromatic amines is 1. The van der Waals surface area contributed by atoms with E-state index in [0.29, 0.717) is 6.54 Å². The lowest BCUT2D eigenvalue weighted by Crippen LogP contribution is -2.46. The molecule has 0 aliphatic rings. The number of pyridine rings is 1. The largest absolute Gasteiger partial charge is 0.346 e. The molecule has 0 bridgehead atoms. The molecule has 26 heavy (non-hydrogen) atoms. The predicted octanol–water partition coefficient (Wildman–Crippen LogP) is 3.56. The van der Waals surface area contributed by atoms with Gasteiger partial charge in [0.1, 0.15) is 5.65 Å². The number of hydrogen-bond donors (Lipinski definition) is 3. The van der Waals surface area contributed by atoms with E-state index in [-0.39, 0.29) is 11.6 Å². The van der Waals surface area contributed by atoms with Crippen LogP contribution in [0.4, 0.5) is 4.79 Å². The summed E-state index contributed by atoms with van der Waals surface area (Å²) in [6.45, 7) is 6.26. The minimum absolute atomic E-state index is 0.191. The number of aromatic nitrogens is 2. The molecule has 0 aliphatic heterocycles. The lowest BCUT2D eigenvalue weighted by atomic mass is 10.1. The predicted molar refractivity (Wildman–Crippen MR) is 104 cm³/mol. The van der Waals surface area contributed by atoms with E-state index in [1.165, 1.54) is 0 Å². The van der Waals surface area contributed by atoms with Gasteiger partial charge in [0.05, 0.1) is 0 Å². The first-order valence-electron chi connectivity index (χ1n) is 8.50. The second-order valence-corrected chi connectivity index (χ2v) is 7.06. The van der Waals surface area contributed by atoms with E-state index in [0.717, 1.165) is 27.7 Å². The highest BCUT2D eigenvalue weighted by molar-refractivity contribution is 5.82. The second-order valence-electron chi connectivity index (χ2n) is 7.06. The minimum Gasteiger partial charge on any atom is -0.346 e. The highest BCUT2D eigenvalue weighted by Gasteiger charge is 2.13. The summed E-state index contributed by atoms with van der Waals surface area (Å²) >= 11 is 0. The van der Waals surface area contributed by atoms with Crippen molar-refractivity contribution in [2.24, 2.45) is 0 Å². The van der Waals surface area contributed by atoms with Crippen molar-refractivity contribution in [2.75, 3.05) is 0 Å². The Kier molecular flexibility index (Phi) is 4.94. The van der Waals surface area contributed by atoms with Crippen molar-refractivity contribution in [3.05, 3.63) is 65.5 Å². The van der Waals surface area contributed by atoms with Gasteiger partial charge in [-0.25, -0.2) is 9.78 Å². The fourth-order valence-corrected chi connectivity index (χ4v) is 2.56. The maximum Gasteiger partial charge on any atom is 0.315 e. The van der Waals surface area contributed by atoms with E-state index in [1.54, 1.807) is 6.20 Å². The lowest BCUT2D eigenvalue weighted by Gasteiger charge is -2.20. The number of nitrogens with zero attached hydrogens (tertiary/aromatic N) is 1. The molecule has 0 unspecified atom stereocenters.